The highest BCUT2D eigenvalue weighted by Gasteiger charge is 2.25. The number of hydrogen-bond acceptors (Lipinski definition) is 4. The fourth-order valence-electron chi connectivity index (χ4n) is 10.0. The van der Waals surface area contributed by atoms with Gasteiger partial charge in [-0.2, -0.15) is 0 Å². The summed E-state index contributed by atoms with van der Waals surface area (Å²) in [6, 6.07) is 90.9. The number of benzene rings is 11. The van der Waals surface area contributed by atoms with Crippen LogP contribution in [0.15, 0.2) is 264 Å². The van der Waals surface area contributed by atoms with E-state index in [9.17, 15) is 0 Å². The maximum Gasteiger partial charge on any atom is 0.137 e. The van der Waals surface area contributed by atoms with E-state index in [0.29, 0.717) is 0 Å². The smallest absolute Gasteiger partial charge is 0.137 e. The van der Waals surface area contributed by atoms with Crippen LogP contribution < -0.4 is 9.80 Å². The molecule has 0 saturated heterocycles. The minimum Gasteiger partial charge on any atom is -0.456 e. The highest BCUT2D eigenvalue weighted by molar-refractivity contribution is 6.11. The molecule has 0 bridgehead atoms. The average Bonchev–Trinajstić information content (AvgIpc) is 3.97. The first-order valence-electron chi connectivity index (χ1n) is 23.1. The van der Waals surface area contributed by atoms with Crippen molar-refractivity contribution in [1.82, 2.24) is 0 Å². The third-order valence-corrected chi connectivity index (χ3v) is 13.2. The van der Waals surface area contributed by atoms with Gasteiger partial charge < -0.3 is 18.6 Å². The first-order valence-corrected chi connectivity index (χ1v) is 23.1. The molecule has 4 heteroatoms. The molecule has 0 aliphatic carbocycles. The second kappa shape index (κ2) is 16.4. The molecule has 0 radical (unpaired) electrons. The van der Waals surface area contributed by atoms with Gasteiger partial charge in [0.15, 0.2) is 0 Å². The summed E-state index contributed by atoms with van der Waals surface area (Å²) in [7, 11) is 0. The Balaban J connectivity index is 1.14. The molecule has 68 heavy (non-hydrogen) atoms. The number of para-hydroxylation sites is 4. The molecule has 13 rings (SSSR count). The van der Waals surface area contributed by atoms with Crippen LogP contribution >= 0.6 is 0 Å². The topological polar surface area (TPSA) is 32.8 Å². The van der Waals surface area contributed by atoms with E-state index in [1.165, 1.54) is 0 Å². The standard InChI is InChI=1S/C64H42N2O2/c1-5-19-43(20-6-1)46-37-47-38-56(45-23-9-3-10-24-45)60(65(48-25-11-4-12-26-48)49-33-35-54-52-28-14-17-31-61(52)67-63(54)40-49)42-57(47)59(39-46)66(58-30-16-13-27-51(58)44-21-7-2-8-22-44)50-34-36-55-53-29-15-18-32-62(53)68-64(55)41-50/h1-42H. The van der Waals surface area contributed by atoms with Crippen molar-refractivity contribution < 1.29 is 8.83 Å². The molecule has 320 valence electrons. The predicted octanol–water partition coefficient (Wildman–Crippen LogP) is 18.6. The Hall–Kier alpha value is -9.12. The van der Waals surface area contributed by atoms with Crippen molar-refractivity contribution in [1.29, 1.82) is 0 Å². The van der Waals surface area contributed by atoms with E-state index >= 15 is 0 Å². The molecule has 0 aliphatic heterocycles. The fraction of sp³-hybridized carbons (Fsp3) is 0. The van der Waals surface area contributed by atoms with Crippen molar-refractivity contribution in [2.24, 2.45) is 0 Å². The number of anilines is 6. The molecule has 0 atom stereocenters. The zero-order valence-corrected chi connectivity index (χ0v) is 37.0. The lowest BCUT2D eigenvalue weighted by molar-refractivity contribution is 0.668. The van der Waals surface area contributed by atoms with Crippen molar-refractivity contribution >= 4 is 88.8 Å². The fourth-order valence-corrected chi connectivity index (χ4v) is 10.0. The highest BCUT2D eigenvalue weighted by Crippen LogP contribution is 2.50. The maximum absolute atomic E-state index is 6.63. The molecule has 0 unspecified atom stereocenters. The Labute approximate surface area is 393 Å². The van der Waals surface area contributed by atoms with Gasteiger partial charge in [0, 0.05) is 67.3 Å². The van der Waals surface area contributed by atoms with Crippen LogP contribution in [0, 0.1) is 0 Å². The monoisotopic (exact) mass is 870 g/mol. The molecule has 11 aromatic carbocycles. The third-order valence-electron chi connectivity index (χ3n) is 13.2. The van der Waals surface area contributed by atoms with Gasteiger partial charge in [-0.1, -0.05) is 164 Å². The summed E-state index contributed by atoms with van der Waals surface area (Å²) in [5, 5.41) is 6.56. The molecule has 2 heterocycles. The van der Waals surface area contributed by atoms with Crippen LogP contribution in [0.1, 0.15) is 0 Å². The number of nitrogens with zero attached hydrogens (tertiary/aromatic N) is 2. The van der Waals surface area contributed by atoms with Crippen molar-refractivity contribution in [2.75, 3.05) is 9.80 Å². The molecule has 2 aromatic heterocycles. The normalized spacial score (nSPS) is 11.5. The highest BCUT2D eigenvalue weighted by atomic mass is 16.3. The molecule has 0 fully saturated rings. The quantitative estimate of drug-likeness (QED) is 0.145. The largest absolute Gasteiger partial charge is 0.456 e. The minimum atomic E-state index is 0.831. The van der Waals surface area contributed by atoms with Crippen LogP contribution in [-0.4, -0.2) is 0 Å². The second-order valence-corrected chi connectivity index (χ2v) is 17.3. The summed E-state index contributed by atoms with van der Waals surface area (Å²) >= 11 is 0. The summed E-state index contributed by atoms with van der Waals surface area (Å²) in [6.45, 7) is 0. The Bertz CT molecular complexity index is 3970. The number of furan rings is 2. The van der Waals surface area contributed by atoms with Crippen molar-refractivity contribution in [3.05, 3.63) is 255 Å². The van der Waals surface area contributed by atoms with E-state index in [1.54, 1.807) is 0 Å². The zero-order valence-electron chi connectivity index (χ0n) is 37.0. The lowest BCUT2D eigenvalue weighted by atomic mass is 9.93. The van der Waals surface area contributed by atoms with Gasteiger partial charge in [-0.15, -0.1) is 0 Å². The van der Waals surface area contributed by atoms with Gasteiger partial charge in [-0.25, -0.2) is 0 Å². The maximum atomic E-state index is 6.63. The molecular weight excluding hydrogens is 829 g/mol. The van der Waals surface area contributed by atoms with Crippen LogP contribution in [-0.2, 0) is 0 Å². The molecule has 0 spiro atoms. The molecule has 0 N–H and O–H groups in total. The average molecular weight is 871 g/mol. The summed E-state index contributed by atoms with van der Waals surface area (Å²) in [6.07, 6.45) is 0. The first kappa shape index (κ1) is 39.3. The van der Waals surface area contributed by atoms with Gasteiger partial charge in [0.2, 0.25) is 0 Å². The molecular formula is C64H42N2O2. The number of fused-ring (bicyclic) bond motifs is 7. The van der Waals surface area contributed by atoms with Gasteiger partial charge in [0.1, 0.15) is 22.3 Å². The van der Waals surface area contributed by atoms with E-state index in [0.717, 1.165) is 122 Å². The second-order valence-electron chi connectivity index (χ2n) is 17.3. The van der Waals surface area contributed by atoms with Gasteiger partial charge in [-0.05, 0) is 107 Å². The molecule has 0 saturated carbocycles. The Morgan fingerprint density at radius 2 is 0.721 bits per heavy atom. The van der Waals surface area contributed by atoms with E-state index < -0.39 is 0 Å². The Kier molecular flexibility index (Phi) is 9.47. The van der Waals surface area contributed by atoms with E-state index in [1.807, 2.05) is 24.3 Å². The third kappa shape index (κ3) is 6.78. The van der Waals surface area contributed by atoms with Gasteiger partial charge >= 0.3 is 0 Å². The first-order chi connectivity index (χ1) is 33.7. The Morgan fingerprint density at radius 1 is 0.235 bits per heavy atom. The molecule has 0 aliphatic rings. The van der Waals surface area contributed by atoms with E-state index in [4.69, 9.17) is 8.83 Å². The molecule has 13 aromatic rings. The number of rotatable bonds is 9. The van der Waals surface area contributed by atoms with Gasteiger partial charge in [0.25, 0.3) is 0 Å². The van der Waals surface area contributed by atoms with E-state index in [2.05, 4.69) is 240 Å². The molecule has 4 nitrogen and oxygen atoms in total. The SMILES string of the molecule is c1ccc(-c2cc(N(c3ccc4c(c3)oc3ccccc34)c3ccccc3-c3ccccc3)c3cc(N(c4ccccc4)c4ccc5c(c4)oc4ccccc45)c(-c4ccccc4)cc3c2)cc1. The van der Waals surface area contributed by atoms with Crippen LogP contribution in [0.2, 0.25) is 0 Å². The number of hydrogen-bond donors (Lipinski definition) is 0. The molecule has 0 amide bonds. The van der Waals surface area contributed by atoms with Crippen molar-refractivity contribution in [3.63, 3.8) is 0 Å². The predicted molar refractivity (Wildman–Crippen MR) is 284 cm³/mol. The summed E-state index contributed by atoms with van der Waals surface area (Å²) in [5.74, 6) is 0. The van der Waals surface area contributed by atoms with Crippen LogP contribution in [0.3, 0.4) is 0 Å². The van der Waals surface area contributed by atoms with Gasteiger partial charge in [-0.3, -0.25) is 0 Å². The van der Waals surface area contributed by atoms with Crippen LogP contribution in [0.5, 0.6) is 0 Å². The summed E-state index contributed by atoms with van der Waals surface area (Å²) in [4.78, 5) is 4.81. The minimum absolute atomic E-state index is 0.831. The van der Waals surface area contributed by atoms with Crippen LogP contribution in [0.25, 0.3) is 88.0 Å². The Morgan fingerprint density at radius 3 is 1.34 bits per heavy atom. The summed E-state index contributed by atoms with van der Waals surface area (Å²) in [5.41, 5.74) is 16.2. The van der Waals surface area contributed by atoms with Crippen molar-refractivity contribution in [3.8, 4) is 33.4 Å². The van der Waals surface area contributed by atoms with Crippen LogP contribution in [0.4, 0.5) is 34.1 Å². The lowest BCUT2D eigenvalue weighted by Gasteiger charge is -2.32. The zero-order chi connectivity index (χ0) is 45.0. The summed E-state index contributed by atoms with van der Waals surface area (Å²) < 4.78 is 13.2. The van der Waals surface area contributed by atoms with Gasteiger partial charge in [0.05, 0.1) is 17.1 Å². The van der Waals surface area contributed by atoms with E-state index in [-0.39, 0.29) is 0 Å². The van der Waals surface area contributed by atoms with Crippen molar-refractivity contribution in [2.45, 2.75) is 0 Å². The lowest BCUT2D eigenvalue weighted by Crippen LogP contribution is -2.14.